The van der Waals surface area contributed by atoms with Crippen molar-refractivity contribution in [2.75, 3.05) is 0 Å². The third-order valence-corrected chi connectivity index (χ3v) is 0.848. The van der Waals surface area contributed by atoms with E-state index >= 15 is 0 Å². The first kappa shape index (κ1) is 4.59. The first-order valence-electron chi connectivity index (χ1n) is 1.88. The van der Waals surface area contributed by atoms with Crippen LogP contribution in [0.4, 0.5) is 0 Å². The van der Waals surface area contributed by atoms with Gasteiger partial charge in [-0.25, -0.2) is 0 Å². The number of hydrogen-bond acceptors (Lipinski definition) is 3. The van der Waals surface area contributed by atoms with Gasteiger partial charge in [0.1, 0.15) is 0 Å². The summed E-state index contributed by atoms with van der Waals surface area (Å²) in [5.74, 6) is 0. The third kappa shape index (κ3) is 1.16. The predicted molar refractivity (Wildman–Crippen MR) is 31.2 cm³/mol. The number of hydrogen-bond donors (Lipinski definition) is 3. The van der Waals surface area contributed by atoms with Gasteiger partial charge in [0.05, 0.1) is 6.20 Å². The molecule has 0 bridgehead atoms. The van der Waals surface area contributed by atoms with Crippen LogP contribution in [0.25, 0.3) is 0 Å². The van der Waals surface area contributed by atoms with E-state index in [2.05, 4.69) is 29.7 Å². The summed E-state index contributed by atoms with van der Waals surface area (Å²) in [5, 5.41) is 0. The fraction of sp³-hybridized carbons (Fsp3) is 0. The Morgan fingerprint density at radius 1 is 1.71 bits per heavy atom. The molecule has 1 heterocycles. The summed E-state index contributed by atoms with van der Waals surface area (Å²) < 4.78 is 0. The van der Waals surface area contributed by atoms with Crippen molar-refractivity contribution in [3.05, 3.63) is 23.4 Å². The topological polar surface area (TPSA) is 24.1 Å². The highest BCUT2D eigenvalue weighted by atomic mass is 32.1. The smallest absolute Gasteiger partial charge is 0.0934 e. The second kappa shape index (κ2) is 1.93. The van der Waals surface area contributed by atoms with Gasteiger partial charge in [0.15, 0.2) is 0 Å². The lowest BCUT2D eigenvalue weighted by Crippen LogP contribution is -2.23. The highest BCUT2D eigenvalue weighted by Gasteiger charge is 1.85. The zero-order chi connectivity index (χ0) is 5.11. The minimum atomic E-state index is 0.804. The van der Waals surface area contributed by atoms with Crippen molar-refractivity contribution in [1.29, 1.82) is 0 Å². The first-order chi connectivity index (χ1) is 3.39. The van der Waals surface area contributed by atoms with E-state index in [0.29, 0.717) is 0 Å². The first-order valence-corrected chi connectivity index (χ1v) is 2.33. The van der Waals surface area contributed by atoms with E-state index in [1.165, 1.54) is 0 Å². The van der Waals surface area contributed by atoms with E-state index in [1.807, 2.05) is 0 Å². The zero-order valence-corrected chi connectivity index (χ0v) is 4.50. The molecule has 0 saturated carbocycles. The summed E-state index contributed by atoms with van der Waals surface area (Å²) >= 11 is 3.98. The number of nitrogens with one attached hydrogen (secondary N) is 2. The molecule has 1 aliphatic rings. The second-order valence-corrected chi connectivity index (χ2v) is 1.59. The highest BCUT2D eigenvalue weighted by Crippen LogP contribution is 1.99. The SMILES string of the molecule is SC1=[C]NNC=C1. The Kier molecular flexibility index (Phi) is 1.26. The predicted octanol–water partition coefficient (Wildman–Crippen LogP) is 0.182. The van der Waals surface area contributed by atoms with Crippen LogP contribution >= 0.6 is 12.6 Å². The Labute approximate surface area is 47.7 Å². The lowest BCUT2D eigenvalue weighted by Gasteiger charge is -2.02. The van der Waals surface area contributed by atoms with Crippen molar-refractivity contribution in [2.45, 2.75) is 0 Å². The molecule has 0 spiro atoms. The Balaban J connectivity index is 2.58. The molecule has 37 valence electrons. The average Bonchev–Trinajstić information content (AvgIpc) is 1.69. The minimum absolute atomic E-state index is 0.804. The monoisotopic (exact) mass is 113 g/mol. The number of allylic oxidation sites excluding steroid dienone is 1. The van der Waals surface area contributed by atoms with Crippen LogP contribution in [-0.4, -0.2) is 0 Å². The molecule has 0 aromatic rings. The molecule has 1 rings (SSSR count). The van der Waals surface area contributed by atoms with Gasteiger partial charge >= 0.3 is 0 Å². The average molecular weight is 113 g/mol. The molecule has 1 aliphatic heterocycles. The molecule has 0 aromatic heterocycles. The molecule has 0 fully saturated rings. The van der Waals surface area contributed by atoms with Crippen molar-refractivity contribution in [3.63, 3.8) is 0 Å². The summed E-state index contributed by atoms with van der Waals surface area (Å²) in [4.78, 5) is 0.804. The van der Waals surface area contributed by atoms with Crippen LogP contribution in [0, 0.1) is 6.20 Å². The lowest BCUT2D eigenvalue weighted by molar-refractivity contribution is 0.744. The van der Waals surface area contributed by atoms with Crippen LogP contribution in [0.15, 0.2) is 17.2 Å². The fourth-order valence-corrected chi connectivity index (χ4v) is 0.434. The fourth-order valence-electron chi connectivity index (χ4n) is 0.304. The van der Waals surface area contributed by atoms with Crippen LogP contribution < -0.4 is 10.9 Å². The number of thiol groups is 1. The normalized spacial score (nSPS) is 17.0. The largest absolute Gasteiger partial charge is 0.308 e. The van der Waals surface area contributed by atoms with E-state index in [1.54, 1.807) is 12.3 Å². The van der Waals surface area contributed by atoms with Gasteiger partial charge in [0, 0.05) is 11.1 Å². The van der Waals surface area contributed by atoms with Gasteiger partial charge in [0.2, 0.25) is 0 Å². The van der Waals surface area contributed by atoms with Crippen molar-refractivity contribution < 1.29 is 0 Å². The quantitative estimate of drug-likeness (QED) is 0.390. The summed E-state index contributed by atoms with van der Waals surface area (Å²) in [6.07, 6.45) is 6.27. The van der Waals surface area contributed by atoms with Crippen molar-refractivity contribution in [3.8, 4) is 0 Å². The van der Waals surface area contributed by atoms with Gasteiger partial charge in [-0.15, -0.1) is 12.6 Å². The molecule has 2 N–H and O–H groups in total. The molecule has 0 aromatic carbocycles. The van der Waals surface area contributed by atoms with Crippen molar-refractivity contribution >= 4 is 12.6 Å². The number of rotatable bonds is 0. The molecule has 2 nitrogen and oxygen atoms in total. The maximum Gasteiger partial charge on any atom is 0.0934 e. The Morgan fingerprint density at radius 3 is 2.86 bits per heavy atom. The third-order valence-electron chi connectivity index (χ3n) is 0.587. The molecule has 0 amide bonds. The van der Waals surface area contributed by atoms with Gasteiger partial charge in [0.25, 0.3) is 0 Å². The standard InChI is InChI=1S/C4H5N2S/c7-4-1-2-5-6-3-4/h1-2,5-7H. The Hall–Kier alpha value is -0.570. The van der Waals surface area contributed by atoms with Crippen LogP contribution in [0.5, 0.6) is 0 Å². The molecule has 0 aliphatic carbocycles. The van der Waals surface area contributed by atoms with Crippen LogP contribution in [0.2, 0.25) is 0 Å². The highest BCUT2D eigenvalue weighted by molar-refractivity contribution is 7.84. The van der Waals surface area contributed by atoms with Gasteiger partial charge in [-0.3, -0.25) is 5.43 Å². The zero-order valence-electron chi connectivity index (χ0n) is 3.60. The van der Waals surface area contributed by atoms with Crippen LogP contribution in [0.3, 0.4) is 0 Å². The molecule has 0 atom stereocenters. The molecule has 1 radical (unpaired) electrons. The van der Waals surface area contributed by atoms with Crippen LogP contribution in [0.1, 0.15) is 0 Å². The van der Waals surface area contributed by atoms with Gasteiger partial charge < -0.3 is 5.43 Å². The summed E-state index contributed by atoms with van der Waals surface area (Å²) in [6.45, 7) is 0. The maximum atomic E-state index is 3.98. The number of hydrazine groups is 1. The molecular formula is C4H5N2S. The van der Waals surface area contributed by atoms with E-state index in [-0.39, 0.29) is 0 Å². The van der Waals surface area contributed by atoms with Gasteiger partial charge in [-0.1, -0.05) is 0 Å². The summed E-state index contributed by atoms with van der Waals surface area (Å²) in [6, 6.07) is 0. The van der Waals surface area contributed by atoms with E-state index < -0.39 is 0 Å². The second-order valence-electron chi connectivity index (χ2n) is 1.11. The minimum Gasteiger partial charge on any atom is -0.308 e. The van der Waals surface area contributed by atoms with Crippen molar-refractivity contribution in [1.82, 2.24) is 10.9 Å². The van der Waals surface area contributed by atoms with Crippen molar-refractivity contribution in [2.24, 2.45) is 0 Å². The summed E-state index contributed by atoms with van der Waals surface area (Å²) in [5.41, 5.74) is 5.34. The Bertz CT molecular complexity index is 117. The van der Waals surface area contributed by atoms with E-state index in [0.717, 1.165) is 4.91 Å². The molecule has 7 heavy (non-hydrogen) atoms. The van der Waals surface area contributed by atoms with Crippen LogP contribution in [-0.2, 0) is 0 Å². The molecular weight excluding hydrogens is 108 g/mol. The lowest BCUT2D eigenvalue weighted by atomic mass is 10.5. The molecule has 0 unspecified atom stereocenters. The molecule has 3 heteroatoms. The molecule has 0 saturated heterocycles. The maximum absolute atomic E-state index is 3.98. The van der Waals surface area contributed by atoms with E-state index in [9.17, 15) is 0 Å². The Morgan fingerprint density at radius 2 is 2.57 bits per heavy atom. The van der Waals surface area contributed by atoms with Gasteiger partial charge in [-0.05, 0) is 6.08 Å². The summed E-state index contributed by atoms with van der Waals surface area (Å²) in [7, 11) is 0. The van der Waals surface area contributed by atoms with E-state index in [4.69, 9.17) is 0 Å². The van der Waals surface area contributed by atoms with Gasteiger partial charge in [-0.2, -0.15) is 0 Å².